The normalized spacial score (nSPS) is 11.9. The Labute approximate surface area is 155 Å². The van der Waals surface area contributed by atoms with Crippen molar-refractivity contribution in [2.24, 2.45) is 0 Å². The van der Waals surface area contributed by atoms with Gasteiger partial charge in [-0.2, -0.15) is 0 Å². The average molecular weight is 348 g/mol. The van der Waals surface area contributed by atoms with Gasteiger partial charge in [-0.15, -0.1) is 0 Å². The van der Waals surface area contributed by atoms with Gasteiger partial charge in [-0.3, -0.25) is 0 Å². The maximum absolute atomic E-state index is 6.13. The summed E-state index contributed by atoms with van der Waals surface area (Å²) in [6.45, 7) is 1.99. The van der Waals surface area contributed by atoms with E-state index < -0.39 is 0 Å². The van der Waals surface area contributed by atoms with E-state index in [4.69, 9.17) is 8.83 Å². The molecule has 0 aliphatic rings. The molecule has 0 radical (unpaired) electrons. The summed E-state index contributed by atoms with van der Waals surface area (Å²) in [5.41, 5.74) is 2.95. The SMILES string of the molecule is Cc1cc2cc3c(ccc4cc5oc(-c6ccccc6)cc5cc43)cc2o1. The summed E-state index contributed by atoms with van der Waals surface area (Å²) in [6.07, 6.45) is 0. The highest BCUT2D eigenvalue weighted by molar-refractivity contribution is 6.14. The van der Waals surface area contributed by atoms with Gasteiger partial charge in [0.1, 0.15) is 22.7 Å². The van der Waals surface area contributed by atoms with E-state index in [0.717, 1.165) is 39.0 Å². The molecule has 4 aromatic carbocycles. The van der Waals surface area contributed by atoms with E-state index >= 15 is 0 Å². The first kappa shape index (κ1) is 14.6. The van der Waals surface area contributed by atoms with Crippen LogP contribution in [0.25, 0.3) is 54.8 Å². The van der Waals surface area contributed by atoms with Crippen LogP contribution in [0.2, 0.25) is 0 Å². The third-order valence-corrected chi connectivity index (χ3v) is 5.29. The van der Waals surface area contributed by atoms with Crippen molar-refractivity contribution >= 4 is 43.5 Å². The maximum atomic E-state index is 6.13. The van der Waals surface area contributed by atoms with Crippen molar-refractivity contribution in [3.8, 4) is 11.3 Å². The lowest BCUT2D eigenvalue weighted by molar-refractivity contribution is 0.579. The first-order valence-electron chi connectivity index (χ1n) is 9.10. The van der Waals surface area contributed by atoms with Crippen LogP contribution in [-0.4, -0.2) is 0 Å². The molecule has 0 saturated heterocycles. The van der Waals surface area contributed by atoms with E-state index in [1.54, 1.807) is 0 Å². The lowest BCUT2D eigenvalue weighted by atomic mass is 9.99. The average Bonchev–Trinajstić information content (AvgIpc) is 3.26. The van der Waals surface area contributed by atoms with Gasteiger partial charge in [0, 0.05) is 16.3 Å². The number of fused-ring (bicyclic) bond motifs is 5. The Hall–Kier alpha value is -3.52. The highest BCUT2D eigenvalue weighted by Gasteiger charge is 2.10. The van der Waals surface area contributed by atoms with E-state index in [2.05, 4.69) is 60.7 Å². The molecule has 2 nitrogen and oxygen atoms in total. The zero-order chi connectivity index (χ0) is 18.0. The second kappa shape index (κ2) is 5.24. The fourth-order valence-electron chi connectivity index (χ4n) is 4.00. The lowest BCUT2D eigenvalue weighted by Crippen LogP contribution is -1.78. The Balaban J connectivity index is 1.66. The highest BCUT2D eigenvalue weighted by atomic mass is 16.3. The minimum atomic E-state index is 0.901. The minimum Gasteiger partial charge on any atom is -0.461 e. The molecule has 0 N–H and O–H groups in total. The maximum Gasteiger partial charge on any atom is 0.135 e. The van der Waals surface area contributed by atoms with Crippen LogP contribution >= 0.6 is 0 Å². The van der Waals surface area contributed by atoms with Gasteiger partial charge in [-0.1, -0.05) is 42.5 Å². The Morgan fingerprint density at radius 2 is 1.19 bits per heavy atom. The summed E-state index contributed by atoms with van der Waals surface area (Å²) >= 11 is 0. The van der Waals surface area contributed by atoms with Gasteiger partial charge in [0.05, 0.1) is 0 Å². The Morgan fingerprint density at radius 3 is 1.89 bits per heavy atom. The van der Waals surface area contributed by atoms with Crippen LogP contribution in [0.1, 0.15) is 5.76 Å². The van der Waals surface area contributed by atoms with Crippen LogP contribution in [0.4, 0.5) is 0 Å². The van der Waals surface area contributed by atoms with Gasteiger partial charge in [-0.25, -0.2) is 0 Å². The Morgan fingerprint density at radius 1 is 0.556 bits per heavy atom. The van der Waals surface area contributed by atoms with Crippen LogP contribution in [0.3, 0.4) is 0 Å². The lowest BCUT2D eigenvalue weighted by Gasteiger charge is -2.04. The molecule has 0 aliphatic carbocycles. The standard InChI is InChI=1S/C25H16O2/c1-15-9-19-10-21-17(12-24(19)26-15)7-8-18-13-25-20(11-22(18)21)14-23(27-25)16-5-3-2-4-6-16/h2-14H,1H3. The summed E-state index contributed by atoms with van der Waals surface area (Å²) < 4.78 is 11.9. The summed E-state index contributed by atoms with van der Waals surface area (Å²) in [5, 5.41) is 7.12. The topological polar surface area (TPSA) is 26.3 Å². The van der Waals surface area contributed by atoms with Crippen LogP contribution in [0.15, 0.2) is 87.7 Å². The van der Waals surface area contributed by atoms with Gasteiger partial charge in [0.2, 0.25) is 0 Å². The van der Waals surface area contributed by atoms with E-state index in [1.807, 2.05) is 25.1 Å². The van der Waals surface area contributed by atoms with Crippen LogP contribution < -0.4 is 0 Å². The van der Waals surface area contributed by atoms with Gasteiger partial charge in [-0.05, 0) is 64.9 Å². The van der Waals surface area contributed by atoms with Crippen molar-refractivity contribution in [1.82, 2.24) is 0 Å². The molecule has 6 aromatic rings. The van der Waals surface area contributed by atoms with Crippen molar-refractivity contribution in [3.63, 3.8) is 0 Å². The molecule has 2 heteroatoms. The third-order valence-electron chi connectivity index (χ3n) is 5.29. The van der Waals surface area contributed by atoms with E-state index in [-0.39, 0.29) is 0 Å². The molecule has 6 rings (SSSR count). The molecule has 0 bridgehead atoms. The molecule has 2 aromatic heterocycles. The summed E-state index contributed by atoms with van der Waals surface area (Å²) in [7, 11) is 0. The second-order valence-corrected chi connectivity index (χ2v) is 7.12. The third kappa shape index (κ3) is 2.20. The molecule has 27 heavy (non-hydrogen) atoms. The molecule has 0 amide bonds. The number of hydrogen-bond donors (Lipinski definition) is 0. The highest BCUT2D eigenvalue weighted by Crippen LogP contribution is 2.35. The first-order chi connectivity index (χ1) is 13.2. The molecule has 0 unspecified atom stereocenters. The summed E-state index contributed by atoms with van der Waals surface area (Å²) in [6, 6.07) is 27.5. The molecule has 0 aliphatic heterocycles. The van der Waals surface area contributed by atoms with E-state index in [9.17, 15) is 0 Å². The van der Waals surface area contributed by atoms with Crippen LogP contribution in [0, 0.1) is 6.92 Å². The number of aryl methyl sites for hydroxylation is 1. The Kier molecular flexibility index (Phi) is 2.84. The van der Waals surface area contributed by atoms with Gasteiger partial charge in [0.25, 0.3) is 0 Å². The zero-order valence-electron chi connectivity index (χ0n) is 14.8. The predicted octanol–water partition coefficient (Wildman–Crippen LogP) is 7.46. The monoisotopic (exact) mass is 348 g/mol. The van der Waals surface area contributed by atoms with Crippen molar-refractivity contribution in [2.75, 3.05) is 0 Å². The molecule has 0 saturated carbocycles. The van der Waals surface area contributed by atoms with Crippen LogP contribution in [0.5, 0.6) is 0 Å². The van der Waals surface area contributed by atoms with Gasteiger partial charge >= 0.3 is 0 Å². The largest absolute Gasteiger partial charge is 0.461 e. The fraction of sp³-hybridized carbons (Fsp3) is 0.0400. The fourth-order valence-corrected chi connectivity index (χ4v) is 4.00. The van der Waals surface area contributed by atoms with Crippen molar-refractivity contribution in [2.45, 2.75) is 6.92 Å². The van der Waals surface area contributed by atoms with E-state index in [1.165, 1.54) is 21.5 Å². The van der Waals surface area contributed by atoms with Gasteiger partial charge in [0.15, 0.2) is 0 Å². The quantitative estimate of drug-likeness (QED) is 0.288. The summed E-state index contributed by atoms with van der Waals surface area (Å²) in [4.78, 5) is 0. The number of furan rings is 2. The molecule has 0 spiro atoms. The molecule has 2 heterocycles. The smallest absolute Gasteiger partial charge is 0.135 e. The molecule has 128 valence electrons. The number of rotatable bonds is 1. The molecule has 0 atom stereocenters. The van der Waals surface area contributed by atoms with Crippen molar-refractivity contribution < 1.29 is 8.83 Å². The predicted molar refractivity (Wildman–Crippen MR) is 111 cm³/mol. The Bertz CT molecular complexity index is 1470. The number of hydrogen-bond acceptors (Lipinski definition) is 2. The van der Waals surface area contributed by atoms with Crippen molar-refractivity contribution in [3.05, 3.63) is 84.6 Å². The van der Waals surface area contributed by atoms with E-state index in [0.29, 0.717) is 0 Å². The number of benzene rings is 4. The van der Waals surface area contributed by atoms with Crippen LogP contribution in [-0.2, 0) is 0 Å². The van der Waals surface area contributed by atoms with Gasteiger partial charge < -0.3 is 8.83 Å². The second-order valence-electron chi connectivity index (χ2n) is 7.12. The summed E-state index contributed by atoms with van der Waals surface area (Å²) in [5.74, 6) is 1.84. The molecular weight excluding hydrogens is 332 g/mol. The minimum absolute atomic E-state index is 0.901. The molecule has 0 fully saturated rings. The molecular formula is C25H16O2. The van der Waals surface area contributed by atoms with Crippen molar-refractivity contribution in [1.29, 1.82) is 0 Å². The zero-order valence-corrected chi connectivity index (χ0v) is 14.8. The first-order valence-corrected chi connectivity index (χ1v) is 9.10.